The van der Waals surface area contributed by atoms with Crippen LogP contribution in [0.25, 0.3) is 0 Å². The van der Waals surface area contributed by atoms with E-state index in [1.54, 1.807) is 14.2 Å². The Balaban J connectivity index is 2.96. The molecule has 0 spiro atoms. The van der Waals surface area contributed by atoms with Crippen LogP contribution in [0.3, 0.4) is 0 Å². The normalized spacial score (nSPS) is 14.2. The van der Waals surface area contributed by atoms with Crippen LogP contribution >= 0.6 is 0 Å². The fourth-order valence-electron chi connectivity index (χ4n) is 1.71. The highest BCUT2D eigenvalue weighted by Crippen LogP contribution is 2.30. The molecule has 0 fully saturated rings. The van der Waals surface area contributed by atoms with Gasteiger partial charge in [-0.15, -0.1) is 0 Å². The zero-order valence-corrected chi connectivity index (χ0v) is 10.9. The molecule has 0 saturated carbocycles. The minimum atomic E-state index is -0.212. The van der Waals surface area contributed by atoms with E-state index < -0.39 is 0 Å². The molecular formula is C13H21NO3. The van der Waals surface area contributed by atoms with Gasteiger partial charge in [-0.05, 0) is 26.0 Å². The van der Waals surface area contributed by atoms with Gasteiger partial charge in [-0.3, -0.25) is 0 Å². The highest BCUT2D eigenvalue weighted by molar-refractivity contribution is 5.42. The van der Waals surface area contributed by atoms with Crippen molar-refractivity contribution in [2.24, 2.45) is 5.73 Å². The van der Waals surface area contributed by atoms with Crippen LogP contribution in [-0.4, -0.2) is 26.9 Å². The third-order valence-electron chi connectivity index (χ3n) is 2.74. The molecule has 0 aliphatic heterocycles. The summed E-state index contributed by atoms with van der Waals surface area (Å²) in [5.41, 5.74) is 7.07. The average molecular weight is 239 g/mol. The zero-order valence-electron chi connectivity index (χ0n) is 10.9. The van der Waals surface area contributed by atoms with Gasteiger partial charge < -0.3 is 19.9 Å². The second-order valence-corrected chi connectivity index (χ2v) is 3.79. The van der Waals surface area contributed by atoms with E-state index in [9.17, 15) is 0 Å². The third kappa shape index (κ3) is 3.35. The van der Waals surface area contributed by atoms with Crippen molar-refractivity contribution in [3.8, 4) is 11.5 Å². The van der Waals surface area contributed by atoms with Gasteiger partial charge in [0.05, 0.1) is 26.4 Å². The van der Waals surface area contributed by atoms with Gasteiger partial charge >= 0.3 is 0 Å². The fraction of sp³-hybridized carbons (Fsp3) is 0.538. The Bertz CT molecular complexity index is 355. The van der Waals surface area contributed by atoms with Crippen LogP contribution in [0, 0.1) is 0 Å². The quantitative estimate of drug-likeness (QED) is 0.826. The Morgan fingerprint density at radius 3 is 2.47 bits per heavy atom. The molecule has 0 aromatic heterocycles. The molecule has 96 valence electrons. The predicted molar refractivity (Wildman–Crippen MR) is 67.6 cm³/mol. The average Bonchev–Trinajstić information content (AvgIpc) is 2.37. The number of nitrogens with two attached hydrogens (primary N) is 1. The highest BCUT2D eigenvalue weighted by atomic mass is 16.5. The Labute approximate surface area is 103 Å². The van der Waals surface area contributed by atoms with Gasteiger partial charge in [0, 0.05) is 18.2 Å². The van der Waals surface area contributed by atoms with Crippen LogP contribution in [0.5, 0.6) is 11.5 Å². The summed E-state index contributed by atoms with van der Waals surface area (Å²) >= 11 is 0. The van der Waals surface area contributed by atoms with Crippen LogP contribution in [0.4, 0.5) is 0 Å². The van der Waals surface area contributed by atoms with Crippen LogP contribution in [-0.2, 0) is 4.74 Å². The van der Waals surface area contributed by atoms with E-state index >= 15 is 0 Å². The van der Waals surface area contributed by atoms with Crippen molar-refractivity contribution in [2.75, 3.05) is 20.8 Å². The van der Waals surface area contributed by atoms with Crippen LogP contribution in [0.1, 0.15) is 25.5 Å². The van der Waals surface area contributed by atoms with Gasteiger partial charge in [0.1, 0.15) is 11.5 Å². The van der Waals surface area contributed by atoms with Crippen LogP contribution < -0.4 is 15.2 Å². The number of hydrogen-bond acceptors (Lipinski definition) is 4. The van der Waals surface area contributed by atoms with E-state index in [2.05, 4.69) is 0 Å². The van der Waals surface area contributed by atoms with Gasteiger partial charge in [-0.2, -0.15) is 0 Å². The molecule has 2 atom stereocenters. The Hall–Kier alpha value is -1.26. The Morgan fingerprint density at radius 1 is 1.24 bits per heavy atom. The first-order valence-electron chi connectivity index (χ1n) is 5.73. The highest BCUT2D eigenvalue weighted by Gasteiger charge is 2.19. The molecule has 17 heavy (non-hydrogen) atoms. The minimum absolute atomic E-state index is 0.0534. The topological polar surface area (TPSA) is 53.7 Å². The van der Waals surface area contributed by atoms with Gasteiger partial charge in [0.2, 0.25) is 0 Å². The maximum atomic E-state index is 6.15. The summed E-state index contributed by atoms with van der Waals surface area (Å²) in [5.74, 6) is 1.48. The van der Waals surface area contributed by atoms with Crippen LogP contribution in [0.2, 0.25) is 0 Å². The first-order valence-corrected chi connectivity index (χ1v) is 5.73. The van der Waals surface area contributed by atoms with E-state index in [-0.39, 0.29) is 12.1 Å². The van der Waals surface area contributed by atoms with E-state index in [1.807, 2.05) is 32.0 Å². The lowest BCUT2D eigenvalue weighted by atomic mass is 10.0. The molecular weight excluding hydrogens is 218 g/mol. The standard InChI is InChI=1S/C13H21NO3/c1-5-17-9(2)13(14)11-7-6-10(15-3)8-12(11)16-4/h6-9,13H,5,14H2,1-4H3. The van der Waals surface area contributed by atoms with Crippen molar-refractivity contribution in [3.63, 3.8) is 0 Å². The van der Waals surface area contributed by atoms with Crippen molar-refractivity contribution in [1.29, 1.82) is 0 Å². The van der Waals surface area contributed by atoms with E-state index in [0.717, 1.165) is 17.1 Å². The molecule has 0 aliphatic rings. The summed E-state index contributed by atoms with van der Waals surface area (Å²) in [6, 6.07) is 5.40. The SMILES string of the molecule is CCOC(C)C(N)c1ccc(OC)cc1OC. The summed E-state index contributed by atoms with van der Waals surface area (Å²) in [7, 11) is 3.24. The molecule has 1 aromatic carbocycles. The van der Waals surface area contributed by atoms with Crippen molar-refractivity contribution >= 4 is 0 Å². The molecule has 1 rings (SSSR count). The Morgan fingerprint density at radius 2 is 1.94 bits per heavy atom. The number of benzene rings is 1. The molecule has 0 bridgehead atoms. The maximum absolute atomic E-state index is 6.15. The molecule has 2 unspecified atom stereocenters. The number of hydrogen-bond donors (Lipinski definition) is 1. The minimum Gasteiger partial charge on any atom is -0.497 e. The smallest absolute Gasteiger partial charge is 0.127 e. The third-order valence-corrected chi connectivity index (χ3v) is 2.74. The van der Waals surface area contributed by atoms with Crippen LogP contribution in [0.15, 0.2) is 18.2 Å². The second kappa shape index (κ2) is 6.47. The van der Waals surface area contributed by atoms with E-state index in [4.69, 9.17) is 19.9 Å². The molecule has 0 radical (unpaired) electrons. The number of ether oxygens (including phenoxy) is 3. The monoisotopic (exact) mass is 239 g/mol. The zero-order chi connectivity index (χ0) is 12.8. The summed E-state index contributed by atoms with van der Waals surface area (Å²) in [5, 5.41) is 0. The van der Waals surface area contributed by atoms with Crippen molar-refractivity contribution in [1.82, 2.24) is 0 Å². The summed E-state index contributed by atoms with van der Waals surface area (Å²) in [4.78, 5) is 0. The lowest BCUT2D eigenvalue weighted by molar-refractivity contribution is 0.0568. The largest absolute Gasteiger partial charge is 0.497 e. The molecule has 4 heteroatoms. The van der Waals surface area contributed by atoms with Gasteiger partial charge in [0.15, 0.2) is 0 Å². The Kier molecular flexibility index (Phi) is 5.25. The first kappa shape index (κ1) is 13.8. The van der Waals surface area contributed by atoms with E-state index in [1.165, 1.54) is 0 Å². The fourth-order valence-corrected chi connectivity index (χ4v) is 1.71. The molecule has 4 nitrogen and oxygen atoms in total. The first-order chi connectivity index (χ1) is 8.13. The molecule has 2 N–H and O–H groups in total. The molecule has 1 aromatic rings. The second-order valence-electron chi connectivity index (χ2n) is 3.79. The summed E-state index contributed by atoms with van der Waals surface area (Å²) in [6.07, 6.45) is -0.0534. The molecule has 0 heterocycles. The number of rotatable bonds is 6. The van der Waals surface area contributed by atoms with Gasteiger partial charge in [0.25, 0.3) is 0 Å². The molecule has 0 amide bonds. The maximum Gasteiger partial charge on any atom is 0.127 e. The number of methoxy groups -OCH3 is 2. The van der Waals surface area contributed by atoms with Gasteiger partial charge in [-0.25, -0.2) is 0 Å². The van der Waals surface area contributed by atoms with Crippen molar-refractivity contribution in [2.45, 2.75) is 26.0 Å². The van der Waals surface area contributed by atoms with Crippen molar-refractivity contribution < 1.29 is 14.2 Å². The van der Waals surface area contributed by atoms with E-state index in [0.29, 0.717) is 6.61 Å². The lowest BCUT2D eigenvalue weighted by Gasteiger charge is -2.22. The van der Waals surface area contributed by atoms with Gasteiger partial charge in [-0.1, -0.05) is 0 Å². The summed E-state index contributed by atoms with van der Waals surface area (Å²) in [6.45, 7) is 4.56. The predicted octanol–water partition coefficient (Wildman–Crippen LogP) is 2.13. The summed E-state index contributed by atoms with van der Waals surface area (Å²) < 4.78 is 16.0. The van der Waals surface area contributed by atoms with Crippen molar-refractivity contribution in [3.05, 3.63) is 23.8 Å². The molecule has 0 aliphatic carbocycles. The molecule has 0 saturated heterocycles. The lowest BCUT2D eigenvalue weighted by Crippen LogP contribution is -2.26.